The van der Waals surface area contributed by atoms with Gasteiger partial charge in [-0.15, -0.1) is 0 Å². The third-order valence-electron chi connectivity index (χ3n) is 1.10. The van der Waals surface area contributed by atoms with Crippen LogP contribution in [-0.4, -0.2) is 20.8 Å². The molecule has 60 valence electrons. The first kappa shape index (κ1) is 7.67. The van der Waals surface area contributed by atoms with E-state index >= 15 is 0 Å². The maximum Gasteiger partial charge on any atom is 0.272 e. The summed E-state index contributed by atoms with van der Waals surface area (Å²) in [6, 6.07) is 0. The zero-order valence-corrected chi connectivity index (χ0v) is 5.49. The molecule has 0 saturated carbocycles. The van der Waals surface area contributed by atoms with Crippen molar-refractivity contribution < 1.29 is 14.3 Å². The predicted molar refractivity (Wildman–Crippen MR) is 32.9 cm³/mol. The van der Waals surface area contributed by atoms with Crippen LogP contribution in [0.1, 0.15) is 10.5 Å². The lowest BCUT2D eigenvalue weighted by atomic mass is 10.4. The second-order valence-electron chi connectivity index (χ2n) is 1.87. The smallest absolute Gasteiger partial charge is 0.272 e. The third kappa shape index (κ3) is 1.35. The molecule has 0 atom stereocenters. The molecule has 1 rings (SSSR count). The molecule has 1 aromatic heterocycles. The van der Waals surface area contributed by atoms with Crippen molar-refractivity contribution in [2.75, 3.05) is 0 Å². The zero-order valence-electron chi connectivity index (χ0n) is 5.49. The molecular formula is C5H6FN3O2. The van der Waals surface area contributed by atoms with E-state index in [0.717, 1.165) is 10.9 Å². The van der Waals surface area contributed by atoms with E-state index in [0.29, 0.717) is 0 Å². The van der Waals surface area contributed by atoms with Gasteiger partial charge in [-0.1, -0.05) is 0 Å². The first-order valence-electron chi connectivity index (χ1n) is 2.78. The topological polar surface area (TPSA) is 81.1 Å². The zero-order chi connectivity index (χ0) is 8.43. The molecule has 0 aliphatic rings. The highest BCUT2D eigenvalue weighted by Crippen LogP contribution is 2.02. The summed E-state index contributed by atoms with van der Waals surface area (Å²) < 4.78 is 13.4. The number of hydrogen-bond donors (Lipinski definition) is 2. The number of aromatic nitrogens is 2. The Labute approximate surface area is 61.2 Å². The average Bonchev–Trinajstić information content (AvgIpc) is 2.30. The molecule has 0 aromatic carbocycles. The molecular weight excluding hydrogens is 153 g/mol. The highest BCUT2D eigenvalue weighted by atomic mass is 19.1. The van der Waals surface area contributed by atoms with Crippen LogP contribution in [0.25, 0.3) is 0 Å². The summed E-state index contributed by atoms with van der Waals surface area (Å²) >= 11 is 0. The SMILES string of the molecule is NC(=O)c1nn(CO)cc1F. The van der Waals surface area contributed by atoms with Gasteiger partial charge >= 0.3 is 0 Å². The maximum absolute atomic E-state index is 12.6. The van der Waals surface area contributed by atoms with Crippen LogP contribution in [0.5, 0.6) is 0 Å². The maximum atomic E-state index is 12.6. The van der Waals surface area contributed by atoms with Crippen molar-refractivity contribution in [3.8, 4) is 0 Å². The van der Waals surface area contributed by atoms with Crippen LogP contribution in [0, 0.1) is 5.82 Å². The average molecular weight is 159 g/mol. The molecule has 0 aliphatic heterocycles. The molecule has 3 N–H and O–H groups in total. The highest BCUT2D eigenvalue weighted by molar-refractivity contribution is 5.90. The molecule has 0 bridgehead atoms. The fourth-order valence-corrected chi connectivity index (χ4v) is 0.636. The highest BCUT2D eigenvalue weighted by Gasteiger charge is 2.12. The summed E-state index contributed by atoms with van der Waals surface area (Å²) in [7, 11) is 0. The minimum absolute atomic E-state index is 0.459. The number of amides is 1. The van der Waals surface area contributed by atoms with Crippen LogP contribution in [0.3, 0.4) is 0 Å². The van der Waals surface area contributed by atoms with E-state index in [2.05, 4.69) is 5.10 Å². The summed E-state index contributed by atoms with van der Waals surface area (Å²) in [6.45, 7) is -0.482. The Morgan fingerprint density at radius 2 is 2.55 bits per heavy atom. The molecule has 1 heterocycles. The van der Waals surface area contributed by atoms with E-state index in [4.69, 9.17) is 10.8 Å². The Morgan fingerprint density at radius 1 is 1.91 bits per heavy atom. The first-order chi connectivity index (χ1) is 5.15. The van der Waals surface area contributed by atoms with Gasteiger partial charge in [-0.3, -0.25) is 4.79 Å². The number of halogens is 1. The van der Waals surface area contributed by atoms with E-state index in [1.165, 1.54) is 0 Å². The Balaban J connectivity index is 3.07. The number of aliphatic hydroxyl groups is 1. The molecule has 0 fully saturated rings. The molecule has 5 nitrogen and oxygen atoms in total. The van der Waals surface area contributed by atoms with Gasteiger partial charge < -0.3 is 10.8 Å². The lowest BCUT2D eigenvalue weighted by Gasteiger charge is -1.89. The summed E-state index contributed by atoms with van der Waals surface area (Å²) in [5.74, 6) is -1.78. The van der Waals surface area contributed by atoms with Crippen LogP contribution in [0.15, 0.2) is 6.20 Å². The molecule has 1 aromatic rings. The predicted octanol–water partition coefficient (Wildman–Crippen LogP) is -0.929. The summed E-state index contributed by atoms with van der Waals surface area (Å²) in [4.78, 5) is 10.4. The molecule has 6 heteroatoms. The Bertz CT molecular complexity index is 283. The van der Waals surface area contributed by atoms with Gasteiger partial charge in [-0.2, -0.15) is 5.10 Å². The largest absolute Gasteiger partial charge is 0.374 e. The van der Waals surface area contributed by atoms with Crippen molar-refractivity contribution in [2.45, 2.75) is 6.73 Å². The number of aliphatic hydroxyl groups excluding tert-OH is 1. The summed E-state index contributed by atoms with van der Waals surface area (Å²) in [6.07, 6.45) is 0.889. The minimum atomic E-state index is -0.949. The number of carbonyl (C=O) groups is 1. The Morgan fingerprint density at radius 3 is 2.82 bits per heavy atom. The van der Waals surface area contributed by atoms with Crippen molar-refractivity contribution >= 4 is 5.91 Å². The van der Waals surface area contributed by atoms with Crippen LogP contribution >= 0.6 is 0 Å². The normalized spacial score (nSPS) is 10.0. The van der Waals surface area contributed by atoms with Crippen LogP contribution < -0.4 is 5.73 Å². The van der Waals surface area contributed by atoms with Gasteiger partial charge in [-0.05, 0) is 0 Å². The molecule has 0 spiro atoms. The Kier molecular flexibility index (Phi) is 1.86. The van der Waals surface area contributed by atoms with E-state index in [9.17, 15) is 9.18 Å². The lowest BCUT2D eigenvalue weighted by Crippen LogP contribution is -2.13. The molecule has 11 heavy (non-hydrogen) atoms. The quantitative estimate of drug-likeness (QED) is 0.585. The van der Waals surface area contributed by atoms with Gasteiger partial charge in [0.1, 0.15) is 6.73 Å². The second-order valence-corrected chi connectivity index (χ2v) is 1.87. The fraction of sp³-hybridized carbons (Fsp3) is 0.200. The number of hydrogen-bond acceptors (Lipinski definition) is 3. The van der Waals surface area contributed by atoms with E-state index in [-0.39, 0.29) is 0 Å². The Hall–Kier alpha value is -1.43. The monoisotopic (exact) mass is 159 g/mol. The summed E-state index contributed by atoms with van der Waals surface area (Å²) in [5, 5.41) is 11.8. The van der Waals surface area contributed by atoms with Crippen molar-refractivity contribution in [1.29, 1.82) is 0 Å². The number of rotatable bonds is 2. The number of carbonyl (C=O) groups excluding carboxylic acids is 1. The molecule has 0 radical (unpaired) electrons. The van der Waals surface area contributed by atoms with Crippen molar-refractivity contribution in [2.24, 2.45) is 5.73 Å². The van der Waals surface area contributed by atoms with Crippen LogP contribution in [0.4, 0.5) is 4.39 Å². The number of nitrogens with zero attached hydrogens (tertiary/aromatic N) is 2. The molecule has 0 unspecified atom stereocenters. The van der Waals surface area contributed by atoms with Crippen molar-refractivity contribution in [1.82, 2.24) is 9.78 Å². The number of primary amides is 1. The van der Waals surface area contributed by atoms with E-state index < -0.39 is 24.1 Å². The number of nitrogens with two attached hydrogens (primary N) is 1. The molecule has 1 amide bonds. The standard InChI is InChI=1S/C5H6FN3O2/c6-3-1-9(2-10)8-4(3)5(7)11/h1,10H,2H2,(H2,7,11). The van der Waals surface area contributed by atoms with E-state index in [1.54, 1.807) is 0 Å². The third-order valence-corrected chi connectivity index (χ3v) is 1.10. The summed E-state index contributed by atoms with van der Waals surface area (Å²) in [5.41, 5.74) is 4.29. The van der Waals surface area contributed by atoms with Crippen molar-refractivity contribution in [3.05, 3.63) is 17.7 Å². The van der Waals surface area contributed by atoms with Crippen LogP contribution in [-0.2, 0) is 6.73 Å². The lowest BCUT2D eigenvalue weighted by molar-refractivity contribution is 0.0989. The van der Waals surface area contributed by atoms with Gasteiger partial charge in [0.2, 0.25) is 0 Å². The van der Waals surface area contributed by atoms with Crippen LogP contribution in [0.2, 0.25) is 0 Å². The van der Waals surface area contributed by atoms with Gasteiger partial charge in [-0.25, -0.2) is 9.07 Å². The molecule has 0 saturated heterocycles. The van der Waals surface area contributed by atoms with Gasteiger partial charge in [0.15, 0.2) is 11.5 Å². The second kappa shape index (κ2) is 2.67. The van der Waals surface area contributed by atoms with E-state index in [1.807, 2.05) is 0 Å². The van der Waals surface area contributed by atoms with Gasteiger partial charge in [0.05, 0.1) is 6.20 Å². The van der Waals surface area contributed by atoms with Gasteiger partial charge in [0, 0.05) is 0 Å². The first-order valence-corrected chi connectivity index (χ1v) is 2.78. The minimum Gasteiger partial charge on any atom is -0.374 e. The molecule has 0 aliphatic carbocycles. The fourth-order valence-electron chi connectivity index (χ4n) is 0.636. The van der Waals surface area contributed by atoms with Gasteiger partial charge in [0.25, 0.3) is 5.91 Å². The van der Waals surface area contributed by atoms with Crippen molar-refractivity contribution in [3.63, 3.8) is 0 Å².